The smallest absolute Gasteiger partial charge is 0.455 e. The third kappa shape index (κ3) is 3.88. The van der Waals surface area contributed by atoms with Crippen LogP contribution in [0.15, 0.2) is 35.0 Å². The number of allylic oxidation sites excluding steroid dienone is 1. The minimum absolute atomic E-state index is 0.120. The Balaban J connectivity index is 2.74. The molecule has 2 rings (SSSR count). The molecule has 1 heterocycles. The fraction of sp³-hybridized carbons (Fsp3) is 0.188. The topological polar surface area (TPSA) is 83.6 Å². The molecule has 1 aromatic carbocycles. The van der Waals surface area contributed by atoms with Crippen molar-refractivity contribution in [3.63, 3.8) is 0 Å². The first-order chi connectivity index (χ1) is 12.0. The highest BCUT2D eigenvalue weighted by molar-refractivity contribution is 6.33. The van der Waals surface area contributed by atoms with Crippen molar-refractivity contribution >= 4 is 28.9 Å². The van der Waals surface area contributed by atoms with E-state index in [1.807, 2.05) is 0 Å². The summed E-state index contributed by atoms with van der Waals surface area (Å²) >= 11 is 6.00. The molecule has 0 spiro atoms. The summed E-state index contributed by atoms with van der Waals surface area (Å²) in [5.41, 5.74) is -1.81. The normalized spacial score (nSPS) is 12.2. The molecule has 10 heteroatoms. The number of nitrogens with zero attached hydrogens (tertiary/aromatic N) is 2. The van der Waals surface area contributed by atoms with Gasteiger partial charge in [-0.05, 0) is 6.07 Å². The van der Waals surface area contributed by atoms with Crippen molar-refractivity contribution in [2.45, 2.75) is 6.18 Å². The zero-order valence-corrected chi connectivity index (χ0v) is 14.2. The highest BCUT2D eigenvalue weighted by atomic mass is 35.5. The number of ketones is 1. The lowest BCUT2D eigenvalue weighted by Crippen LogP contribution is -2.25. The first-order valence-corrected chi connectivity index (χ1v) is 7.39. The van der Waals surface area contributed by atoms with Gasteiger partial charge < -0.3 is 14.5 Å². The van der Waals surface area contributed by atoms with Gasteiger partial charge >= 0.3 is 12.1 Å². The number of hydrogen-bond acceptors (Lipinski definition) is 5. The van der Waals surface area contributed by atoms with Crippen LogP contribution in [0, 0.1) is 0 Å². The van der Waals surface area contributed by atoms with Crippen molar-refractivity contribution < 1.29 is 32.4 Å². The molecule has 0 unspecified atom stereocenters. The number of carbonyl (C=O) groups excluding carboxylic acids is 1. The van der Waals surface area contributed by atoms with Gasteiger partial charge in [0.2, 0.25) is 0 Å². The maximum Gasteiger partial charge on any atom is 0.455 e. The number of benzene rings is 1. The number of halogens is 4. The van der Waals surface area contributed by atoms with Crippen LogP contribution in [-0.2, 0) is 4.79 Å². The molecule has 0 amide bonds. The molecule has 0 radical (unpaired) electrons. The molecule has 0 bridgehead atoms. The average molecular weight is 389 g/mol. The van der Waals surface area contributed by atoms with Crippen LogP contribution in [0.25, 0.3) is 16.8 Å². The summed E-state index contributed by atoms with van der Waals surface area (Å²) in [4.78, 5) is 24.6. The van der Waals surface area contributed by atoms with E-state index in [2.05, 4.69) is 5.16 Å². The zero-order valence-electron chi connectivity index (χ0n) is 13.5. The van der Waals surface area contributed by atoms with Crippen LogP contribution < -0.4 is 0 Å². The van der Waals surface area contributed by atoms with Crippen molar-refractivity contribution in [2.24, 2.45) is 0 Å². The molecule has 6 nitrogen and oxygen atoms in total. The third-order valence-electron chi connectivity index (χ3n) is 3.17. The monoisotopic (exact) mass is 388 g/mol. The summed E-state index contributed by atoms with van der Waals surface area (Å²) in [6, 6.07) is 6.00. The second-order valence-electron chi connectivity index (χ2n) is 5.35. The molecule has 0 aliphatic carbocycles. The molecule has 0 aliphatic rings. The van der Waals surface area contributed by atoms with Crippen LogP contribution in [0.5, 0.6) is 0 Å². The minimum atomic E-state index is -5.23. The summed E-state index contributed by atoms with van der Waals surface area (Å²) < 4.78 is 43.6. The maximum absolute atomic E-state index is 12.9. The van der Waals surface area contributed by atoms with E-state index in [0.717, 1.165) is 11.1 Å². The number of Topliss-reactive ketones (excluding diaryl/α,β-unsaturated/α-hetero) is 1. The minimum Gasteiger partial charge on any atom is -0.477 e. The van der Waals surface area contributed by atoms with E-state index >= 15 is 0 Å². The van der Waals surface area contributed by atoms with Crippen LogP contribution in [-0.4, -0.2) is 47.2 Å². The van der Waals surface area contributed by atoms with Gasteiger partial charge in [-0.2, -0.15) is 13.2 Å². The van der Waals surface area contributed by atoms with Gasteiger partial charge in [0.05, 0.1) is 10.6 Å². The fourth-order valence-corrected chi connectivity index (χ4v) is 2.37. The van der Waals surface area contributed by atoms with Crippen molar-refractivity contribution in [3.8, 4) is 11.3 Å². The molecule has 1 N–H and O–H groups in total. The number of carboxylic acid groups (broad SMARTS) is 1. The molecule has 138 valence electrons. The molecule has 2 aromatic rings. The highest BCUT2D eigenvalue weighted by Gasteiger charge is 2.44. The van der Waals surface area contributed by atoms with E-state index in [0.29, 0.717) is 0 Å². The highest BCUT2D eigenvalue weighted by Crippen LogP contribution is 2.36. The van der Waals surface area contributed by atoms with Gasteiger partial charge in [-0.25, -0.2) is 4.79 Å². The average Bonchev–Trinajstić information content (AvgIpc) is 2.96. The van der Waals surface area contributed by atoms with Crippen LogP contribution in [0.1, 0.15) is 16.1 Å². The van der Waals surface area contributed by atoms with Gasteiger partial charge in [0.25, 0.3) is 5.78 Å². The zero-order chi connectivity index (χ0) is 19.6. The summed E-state index contributed by atoms with van der Waals surface area (Å²) in [6.07, 6.45) is -4.41. The second kappa shape index (κ2) is 7.20. The van der Waals surface area contributed by atoms with E-state index in [-0.39, 0.29) is 16.3 Å². The third-order valence-corrected chi connectivity index (χ3v) is 3.50. The van der Waals surface area contributed by atoms with Crippen molar-refractivity contribution in [1.29, 1.82) is 0 Å². The molecule has 0 atom stereocenters. The summed E-state index contributed by atoms with van der Waals surface area (Å²) in [5.74, 6) is -4.67. The number of rotatable bonds is 5. The van der Waals surface area contributed by atoms with E-state index in [1.54, 1.807) is 12.1 Å². The molecule has 1 aromatic heterocycles. The number of alkyl halides is 3. The van der Waals surface area contributed by atoms with Crippen LogP contribution in [0.3, 0.4) is 0 Å². The lowest BCUT2D eigenvalue weighted by atomic mass is 10.0. The Morgan fingerprint density at radius 3 is 2.38 bits per heavy atom. The molecule has 0 saturated heterocycles. The van der Waals surface area contributed by atoms with Gasteiger partial charge in [0.1, 0.15) is 11.3 Å². The molecular weight excluding hydrogens is 377 g/mol. The lowest BCUT2D eigenvalue weighted by molar-refractivity contribution is -0.164. The largest absolute Gasteiger partial charge is 0.477 e. The summed E-state index contributed by atoms with van der Waals surface area (Å²) in [7, 11) is 2.74. The number of carboxylic acids is 1. The standard InChI is InChI=1S/C16H12ClF3N2O4/c1-22(2)7-9(14(23)16(18,19)20)13-11(15(24)25)12(21-26-13)8-5-3-4-6-10(8)17/h3-7H,1-2H3,(H,24,25). The Morgan fingerprint density at radius 2 is 1.88 bits per heavy atom. The van der Waals surface area contributed by atoms with Crippen molar-refractivity contribution in [3.05, 3.63) is 46.8 Å². The molecule has 0 fully saturated rings. The molecule has 0 aliphatic heterocycles. The quantitative estimate of drug-likeness (QED) is 0.786. The van der Waals surface area contributed by atoms with Crippen LogP contribution >= 0.6 is 11.6 Å². The van der Waals surface area contributed by atoms with Crippen molar-refractivity contribution in [2.75, 3.05) is 14.1 Å². The Bertz CT molecular complexity index is 888. The fourth-order valence-electron chi connectivity index (χ4n) is 2.14. The Morgan fingerprint density at radius 1 is 1.27 bits per heavy atom. The number of aromatic nitrogens is 1. The van der Waals surface area contributed by atoms with Gasteiger partial charge in [-0.1, -0.05) is 35.0 Å². The van der Waals surface area contributed by atoms with Crippen LogP contribution in [0.4, 0.5) is 13.2 Å². The summed E-state index contributed by atoms with van der Waals surface area (Å²) in [5, 5.41) is 13.1. The van der Waals surface area contributed by atoms with Gasteiger partial charge in [-0.15, -0.1) is 0 Å². The second-order valence-corrected chi connectivity index (χ2v) is 5.76. The first kappa shape index (κ1) is 19.5. The maximum atomic E-state index is 12.9. The van der Waals surface area contributed by atoms with E-state index < -0.39 is 34.8 Å². The molecular formula is C16H12ClF3N2O4. The Kier molecular flexibility index (Phi) is 5.41. The molecule has 0 saturated carbocycles. The van der Waals surface area contributed by atoms with Gasteiger partial charge in [-0.3, -0.25) is 4.79 Å². The van der Waals surface area contributed by atoms with Crippen LogP contribution in [0.2, 0.25) is 5.02 Å². The van der Waals surface area contributed by atoms with Gasteiger partial charge in [0, 0.05) is 25.9 Å². The number of hydrogen-bond donors (Lipinski definition) is 1. The predicted octanol–water partition coefficient (Wildman–Crippen LogP) is 3.73. The van der Waals surface area contributed by atoms with E-state index in [4.69, 9.17) is 16.1 Å². The Labute approximate surface area is 150 Å². The number of carbonyl (C=O) groups is 2. The van der Waals surface area contributed by atoms with Crippen molar-refractivity contribution in [1.82, 2.24) is 10.1 Å². The van der Waals surface area contributed by atoms with E-state index in [1.165, 1.54) is 26.2 Å². The number of aromatic carboxylic acids is 1. The predicted molar refractivity (Wildman–Crippen MR) is 86.6 cm³/mol. The Hall–Kier alpha value is -2.81. The first-order valence-electron chi connectivity index (χ1n) is 7.02. The van der Waals surface area contributed by atoms with E-state index in [9.17, 15) is 27.9 Å². The van der Waals surface area contributed by atoms with Gasteiger partial charge in [0.15, 0.2) is 5.76 Å². The summed E-state index contributed by atoms with van der Waals surface area (Å²) in [6.45, 7) is 0. The molecule has 26 heavy (non-hydrogen) atoms. The SMILES string of the molecule is CN(C)C=C(C(=O)C(F)(F)F)c1onc(-c2ccccc2Cl)c1C(=O)O. The lowest BCUT2D eigenvalue weighted by Gasteiger charge is -2.11.